The summed E-state index contributed by atoms with van der Waals surface area (Å²) >= 11 is 0. The number of carbonyl (C=O) groups is 2. The van der Waals surface area contributed by atoms with Gasteiger partial charge in [-0.1, -0.05) is 20.3 Å². The molecule has 0 saturated carbocycles. The first-order valence-electron chi connectivity index (χ1n) is 4.52. The number of aliphatic hydroxyl groups excluding tert-OH is 1. The molecule has 0 amide bonds. The van der Waals surface area contributed by atoms with E-state index >= 15 is 0 Å². The highest BCUT2D eigenvalue weighted by molar-refractivity contribution is 5.87. The van der Waals surface area contributed by atoms with Crippen LogP contribution >= 0.6 is 0 Å². The number of aliphatic hydroxyl groups is 2. The van der Waals surface area contributed by atoms with E-state index in [1.165, 1.54) is 6.92 Å². The summed E-state index contributed by atoms with van der Waals surface area (Å²) in [4.78, 5) is 21.7. The molecule has 0 heterocycles. The lowest BCUT2D eigenvalue weighted by molar-refractivity contribution is -0.334. The van der Waals surface area contributed by atoms with E-state index in [0.29, 0.717) is 0 Å². The van der Waals surface area contributed by atoms with Crippen LogP contribution in [0.1, 0.15) is 20.3 Å². The summed E-state index contributed by atoms with van der Waals surface area (Å²) in [5, 5.41) is 29.8. The maximum Gasteiger partial charge on any atom is 0.338 e. The average molecular weight is 219 g/mol. The Hall–Kier alpha value is -1.14. The van der Waals surface area contributed by atoms with E-state index in [1.54, 1.807) is 6.92 Å². The molecular formula is C9H15O6-. The van der Waals surface area contributed by atoms with Crippen molar-refractivity contribution < 1.29 is 29.6 Å². The van der Waals surface area contributed by atoms with Gasteiger partial charge >= 0.3 is 5.97 Å². The van der Waals surface area contributed by atoms with Gasteiger partial charge in [0.2, 0.25) is 0 Å². The van der Waals surface area contributed by atoms with Crippen molar-refractivity contribution in [1.29, 1.82) is 0 Å². The van der Waals surface area contributed by atoms with Crippen LogP contribution in [0.15, 0.2) is 0 Å². The molecule has 0 rings (SSSR count). The summed E-state index contributed by atoms with van der Waals surface area (Å²) in [6, 6.07) is 0. The van der Waals surface area contributed by atoms with Crippen LogP contribution in [-0.2, 0) is 14.3 Å². The maximum absolute atomic E-state index is 11.0. The standard InChI is InChI=1S/C9H16O6/c1-4-5(2)9(14,8(12)13)6(10)7(11)15-3/h5-6,10,14H,4H2,1-3H3,(H,12,13)/p-1. The lowest BCUT2D eigenvalue weighted by atomic mass is 9.82. The van der Waals surface area contributed by atoms with Crippen LogP contribution in [0, 0.1) is 5.92 Å². The minimum Gasteiger partial charge on any atom is -0.547 e. The van der Waals surface area contributed by atoms with Crippen LogP contribution in [0.5, 0.6) is 0 Å². The predicted molar refractivity (Wildman–Crippen MR) is 47.4 cm³/mol. The highest BCUT2D eigenvalue weighted by atomic mass is 16.5. The quantitative estimate of drug-likeness (QED) is 0.520. The number of carboxylic acid groups (broad SMARTS) is 1. The number of rotatable bonds is 5. The molecule has 0 bridgehead atoms. The molecule has 3 unspecified atom stereocenters. The fourth-order valence-electron chi connectivity index (χ4n) is 1.18. The smallest absolute Gasteiger partial charge is 0.338 e. The fourth-order valence-corrected chi connectivity index (χ4v) is 1.18. The topological polar surface area (TPSA) is 107 Å². The molecule has 88 valence electrons. The molecule has 0 aliphatic carbocycles. The number of carboxylic acids is 1. The maximum atomic E-state index is 11.0. The Bertz CT molecular complexity index is 251. The van der Waals surface area contributed by atoms with Gasteiger partial charge in [0.25, 0.3) is 0 Å². The van der Waals surface area contributed by atoms with Gasteiger partial charge in [0, 0.05) is 0 Å². The SMILES string of the molecule is CCC(C)C(O)(C(=O)[O-])C(O)C(=O)OC. The van der Waals surface area contributed by atoms with E-state index in [1.807, 2.05) is 0 Å². The van der Waals surface area contributed by atoms with Crippen molar-refractivity contribution in [3.63, 3.8) is 0 Å². The van der Waals surface area contributed by atoms with Crippen LogP contribution in [0.4, 0.5) is 0 Å². The summed E-state index contributed by atoms with van der Waals surface area (Å²) < 4.78 is 4.16. The van der Waals surface area contributed by atoms with Gasteiger partial charge in [0.1, 0.15) is 5.60 Å². The summed E-state index contributed by atoms with van der Waals surface area (Å²) in [7, 11) is 0.984. The van der Waals surface area contributed by atoms with Gasteiger partial charge in [-0.15, -0.1) is 0 Å². The summed E-state index contributed by atoms with van der Waals surface area (Å²) in [6.07, 6.45) is -1.89. The van der Waals surface area contributed by atoms with E-state index in [0.717, 1.165) is 7.11 Å². The molecule has 0 fully saturated rings. The number of ether oxygens (including phenoxy) is 1. The van der Waals surface area contributed by atoms with Crippen molar-refractivity contribution in [3.8, 4) is 0 Å². The molecular weight excluding hydrogens is 204 g/mol. The van der Waals surface area contributed by atoms with Crippen LogP contribution < -0.4 is 5.11 Å². The number of aliphatic carboxylic acids is 1. The van der Waals surface area contributed by atoms with Gasteiger partial charge < -0.3 is 24.9 Å². The van der Waals surface area contributed by atoms with Gasteiger partial charge in [0.05, 0.1) is 13.1 Å². The Morgan fingerprint density at radius 2 is 2.00 bits per heavy atom. The number of hydrogen-bond acceptors (Lipinski definition) is 6. The molecule has 3 atom stereocenters. The second kappa shape index (κ2) is 5.09. The number of carbonyl (C=O) groups excluding carboxylic acids is 2. The molecule has 15 heavy (non-hydrogen) atoms. The number of hydrogen-bond donors (Lipinski definition) is 2. The molecule has 0 radical (unpaired) electrons. The van der Waals surface area contributed by atoms with Crippen LogP contribution in [0.25, 0.3) is 0 Å². The first-order valence-corrected chi connectivity index (χ1v) is 4.52. The minimum atomic E-state index is -2.62. The Kier molecular flexibility index (Phi) is 4.70. The van der Waals surface area contributed by atoms with Crippen LogP contribution in [0.2, 0.25) is 0 Å². The zero-order valence-corrected chi connectivity index (χ0v) is 8.89. The number of esters is 1. The minimum absolute atomic E-state index is 0.262. The molecule has 0 spiro atoms. The third-order valence-electron chi connectivity index (χ3n) is 2.53. The molecule has 0 aliphatic rings. The third kappa shape index (κ3) is 2.45. The summed E-state index contributed by atoms with van der Waals surface area (Å²) in [5.74, 6) is -3.94. The monoisotopic (exact) mass is 219 g/mol. The van der Waals surface area contributed by atoms with Gasteiger partial charge in [-0.25, -0.2) is 4.79 Å². The fraction of sp³-hybridized carbons (Fsp3) is 0.778. The van der Waals surface area contributed by atoms with Gasteiger partial charge in [0.15, 0.2) is 6.10 Å². The highest BCUT2D eigenvalue weighted by Gasteiger charge is 2.46. The van der Waals surface area contributed by atoms with Crippen LogP contribution in [-0.4, -0.2) is 41.0 Å². The number of methoxy groups -OCH3 is 1. The van der Waals surface area contributed by atoms with Gasteiger partial charge in [-0.3, -0.25) is 0 Å². The molecule has 2 N–H and O–H groups in total. The molecule has 0 aromatic rings. The molecule has 6 heteroatoms. The van der Waals surface area contributed by atoms with Gasteiger partial charge in [-0.2, -0.15) is 0 Å². The van der Waals surface area contributed by atoms with E-state index < -0.39 is 29.6 Å². The largest absolute Gasteiger partial charge is 0.547 e. The Morgan fingerprint density at radius 1 is 1.53 bits per heavy atom. The van der Waals surface area contributed by atoms with E-state index in [-0.39, 0.29) is 6.42 Å². The van der Waals surface area contributed by atoms with Gasteiger partial charge in [-0.05, 0) is 5.92 Å². The van der Waals surface area contributed by atoms with Crippen molar-refractivity contribution >= 4 is 11.9 Å². The second-order valence-corrected chi connectivity index (χ2v) is 3.35. The normalized spacial score (nSPS) is 18.7. The van der Waals surface area contributed by atoms with Crippen molar-refractivity contribution in [3.05, 3.63) is 0 Å². The molecule has 0 aromatic carbocycles. The van der Waals surface area contributed by atoms with Crippen molar-refractivity contribution in [2.24, 2.45) is 5.92 Å². The van der Waals surface area contributed by atoms with Crippen LogP contribution in [0.3, 0.4) is 0 Å². The Morgan fingerprint density at radius 3 is 2.27 bits per heavy atom. The summed E-state index contributed by atoms with van der Waals surface area (Å²) in [6.45, 7) is 3.00. The molecule has 0 aromatic heterocycles. The highest BCUT2D eigenvalue weighted by Crippen LogP contribution is 2.24. The lowest BCUT2D eigenvalue weighted by Gasteiger charge is -2.36. The Balaban J connectivity index is 5.11. The predicted octanol–water partition coefficient (Wildman–Crippen LogP) is -1.95. The Labute approximate surface area is 87.5 Å². The van der Waals surface area contributed by atoms with E-state index in [9.17, 15) is 24.9 Å². The lowest BCUT2D eigenvalue weighted by Crippen LogP contribution is -2.62. The third-order valence-corrected chi connectivity index (χ3v) is 2.53. The first-order chi connectivity index (χ1) is 6.82. The summed E-state index contributed by atoms with van der Waals surface area (Å²) in [5.41, 5.74) is -2.62. The van der Waals surface area contributed by atoms with E-state index in [2.05, 4.69) is 4.74 Å². The van der Waals surface area contributed by atoms with Crippen molar-refractivity contribution in [2.45, 2.75) is 32.0 Å². The molecule has 0 aliphatic heterocycles. The molecule has 0 saturated heterocycles. The van der Waals surface area contributed by atoms with Crippen molar-refractivity contribution in [2.75, 3.05) is 7.11 Å². The molecule has 6 nitrogen and oxygen atoms in total. The van der Waals surface area contributed by atoms with E-state index in [4.69, 9.17) is 0 Å². The second-order valence-electron chi connectivity index (χ2n) is 3.35. The first kappa shape index (κ1) is 13.9. The average Bonchev–Trinajstić information content (AvgIpc) is 2.24. The van der Waals surface area contributed by atoms with Crippen molar-refractivity contribution in [1.82, 2.24) is 0 Å². The zero-order valence-electron chi connectivity index (χ0n) is 8.89. The zero-order chi connectivity index (χ0) is 12.2.